The highest BCUT2D eigenvalue weighted by molar-refractivity contribution is 5.79. The number of imidazole rings is 1. The molecule has 0 bridgehead atoms. The number of carbonyl (C=O) groups is 1. The maximum atomic E-state index is 10.8. The van der Waals surface area contributed by atoms with E-state index in [1.54, 1.807) is 7.11 Å². The van der Waals surface area contributed by atoms with E-state index < -0.39 is 0 Å². The number of aldehydes is 1. The van der Waals surface area contributed by atoms with Crippen molar-refractivity contribution in [1.29, 1.82) is 0 Å². The fourth-order valence-corrected chi connectivity index (χ4v) is 2.15. The van der Waals surface area contributed by atoms with Crippen molar-refractivity contribution in [3.05, 3.63) is 35.5 Å². The highest BCUT2D eigenvalue weighted by Gasteiger charge is 2.25. The van der Waals surface area contributed by atoms with Crippen LogP contribution in [0.4, 0.5) is 0 Å². The number of hydrogen-bond donors (Lipinski definition) is 0. The molecule has 80 valence electrons. The third-order valence-electron chi connectivity index (χ3n) is 2.84. The highest BCUT2D eigenvalue weighted by atomic mass is 16.5. The van der Waals surface area contributed by atoms with Crippen molar-refractivity contribution in [1.82, 2.24) is 9.55 Å². The Balaban J connectivity index is 2.26. The highest BCUT2D eigenvalue weighted by Crippen LogP contribution is 2.35. The third-order valence-corrected chi connectivity index (χ3v) is 2.84. The normalized spacial score (nSPS) is 12.1. The lowest BCUT2D eigenvalue weighted by molar-refractivity contribution is 0.111. The van der Waals surface area contributed by atoms with Crippen molar-refractivity contribution >= 4 is 6.29 Å². The van der Waals surface area contributed by atoms with Crippen LogP contribution in [0.2, 0.25) is 0 Å². The second-order valence-corrected chi connectivity index (χ2v) is 3.69. The second-order valence-electron chi connectivity index (χ2n) is 3.69. The molecule has 0 atom stereocenters. The molecule has 0 saturated heterocycles. The van der Waals surface area contributed by atoms with E-state index in [0.717, 1.165) is 24.2 Å². The molecule has 1 aliphatic rings. The summed E-state index contributed by atoms with van der Waals surface area (Å²) in [6.07, 6.45) is 0.729. The van der Waals surface area contributed by atoms with Gasteiger partial charge in [-0.25, -0.2) is 4.98 Å². The van der Waals surface area contributed by atoms with Gasteiger partial charge in [0.05, 0.1) is 13.7 Å². The van der Waals surface area contributed by atoms with Crippen LogP contribution < -0.4 is 4.74 Å². The van der Waals surface area contributed by atoms with Crippen LogP contribution in [0.15, 0.2) is 24.3 Å². The summed E-state index contributed by atoms with van der Waals surface area (Å²) in [7, 11) is 1.56. The van der Waals surface area contributed by atoms with Crippen LogP contribution in [0.3, 0.4) is 0 Å². The van der Waals surface area contributed by atoms with E-state index in [1.807, 2.05) is 22.8 Å². The summed E-state index contributed by atoms with van der Waals surface area (Å²) in [5.74, 6) is 1.36. The van der Waals surface area contributed by atoms with Crippen LogP contribution in [-0.4, -0.2) is 22.9 Å². The van der Waals surface area contributed by atoms with Crippen LogP contribution in [-0.2, 0) is 6.54 Å². The van der Waals surface area contributed by atoms with Crippen molar-refractivity contribution in [3.63, 3.8) is 0 Å². The number of aromatic nitrogens is 2. The topological polar surface area (TPSA) is 44.1 Å². The predicted octanol–water partition coefficient (Wildman–Crippen LogP) is 1.73. The Morgan fingerprint density at radius 1 is 1.44 bits per heavy atom. The van der Waals surface area contributed by atoms with Gasteiger partial charge in [0.1, 0.15) is 5.82 Å². The number of hydrogen-bond acceptors (Lipinski definition) is 3. The molecule has 2 aromatic rings. The summed E-state index contributed by atoms with van der Waals surface area (Å²) in [5.41, 5.74) is 2.65. The Morgan fingerprint density at radius 2 is 2.25 bits per heavy atom. The van der Waals surface area contributed by atoms with Crippen molar-refractivity contribution in [2.75, 3.05) is 7.11 Å². The minimum atomic E-state index is 0.368. The lowest BCUT2D eigenvalue weighted by atomic mass is 10.1. The quantitative estimate of drug-likeness (QED) is 0.610. The number of nitrogens with zero attached hydrogens (tertiary/aromatic N) is 2. The standard InChI is InChI=1S/C12H10N2O2/c1-16-12-10(7-15)13-11-9-5-3-2-4-8(9)6-14(11)12/h2-5,7H,6H2,1H3. The lowest BCUT2D eigenvalue weighted by Crippen LogP contribution is -1.98. The fraction of sp³-hybridized carbons (Fsp3) is 0.167. The van der Waals surface area contributed by atoms with Gasteiger partial charge in [0, 0.05) is 5.56 Å². The zero-order chi connectivity index (χ0) is 11.1. The molecule has 0 N–H and O–H groups in total. The van der Waals surface area contributed by atoms with Crippen LogP contribution in [0.1, 0.15) is 16.1 Å². The molecule has 3 rings (SSSR count). The van der Waals surface area contributed by atoms with Gasteiger partial charge in [0.2, 0.25) is 5.88 Å². The van der Waals surface area contributed by atoms with Gasteiger partial charge in [-0.15, -0.1) is 0 Å². The molecular weight excluding hydrogens is 204 g/mol. The van der Waals surface area contributed by atoms with Gasteiger partial charge in [0.15, 0.2) is 12.0 Å². The van der Waals surface area contributed by atoms with Crippen molar-refractivity contribution in [3.8, 4) is 17.3 Å². The Hall–Kier alpha value is -2.10. The number of carbonyl (C=O) groups excluding carboxylic acids is 1. The molecule has 0 aliphatic carbocycles. The molecule has 4 nitrogen and oxygen atoms in total. The van der Waals surface area contributed by atoms with Gasteiger partial charge in [-0.05, 0) is 5.56 Å². The largest absolute Gasteiger partial charge is 0.480 e. The molecule has 0 saturated carbocycles. The molecule has 0 radical (unpaired) electrons. The van der Waals surface area contributed by atoms with Crippen molar-refractivity contribution < 1.29 is 9.53 Å². The van der Waals surface area contributed by atoms with E-state index >= 15 is 0 Å². The number of methoxy groups -OCH3 is 1. The summed E-state index contributed by atoms with van der Waals surface area (Å²) in [5, 5.41) is 0. The smallest absolute Gasteiger partial charge is 0.225 e. The monoisotopic (exact) mass is 214 g/mol. The average molecular weight is 214 g/mol. The molecule has 0 unspecified atom stereocenters. The Morgan fingerprint density at radius 3 is 3.00 bits per heavy atom. The first-order valence-corrected chi connectivity index (χ1v) is 5.03. The molecule has 1 aromatic heterocycles. The molecule has 0 amide bonds. The van der Waals surface area contributed by atoms with Gasteiger partial charge in [0.25, 0.3) is 0 Å². The maximum Gasteiger partial charge on any atom is 0.225 e. The minimum absolute atomic E-state index is 0.368. The van der Waals surface area contributed by atoms with E-state index in [-0.39, 0.29) is 0 Å². The van der Waals surface area contributed by atoms with E-state index in [9.17, 15) is 4.79 Å². The summed E-state index contributed by atoms with van der Waals surface area (Å²) >= 11 is 0. The average Bonchev–Trinajstić information content (AvgIpc) is 2.83. The third kappa shape index (κ3) is 1.04. The Bertz CT molecular complexity index is 572. The fourth-order valence-electron chi connectivity index (χ4n) is 2.15. The molecule has 16 heavy (non-hydrogen) atoms. The van der Waals surface area contributed by atoms with Crippen LogP contribution >= 0.6 is 0 Å². The first-order chi connectivity index (χ1) is 7.85. The van der Waals surface area contributed by atoms with E-state index in [2.05, 4.69) is 11.1 Å². The molecule has 4 heteroatoms. The van der Waals surface area contributed by atoms with Gasteiger partial charge < -0.3 is 4.74 Å². The molecular formula is C12H10N2O2. The number of rotatable bonds is 2. The number of fused-ring (bicyclic) bond motifs is 3. The first kappa shape index (κ1) is 9.15. The molecule has 0 spiro atoms. The van der Waals surface area contributed by atoms with Crippen LogP contribution in [0.5, 0.6) is 5.88 Å². The second kappa shape index (κ2) is 3.20. The molecule has 2 heterocycles. The van der Waals surface area contributed by atoms with Crippen molar-refractivity contribution in [2.24, 2.45) is 0 Å². The minimum Gasteiger partial charge on any atom is -0.480 e. The summed E-state index contributed by atoms with van der Waals surface area (Å²) in [6, 6.07) is 8.04. The van der Waals surface area contributed by atoms with Crippen LogP contribution in [0.25, 0.3) is 11.4 Å². The van der Waals surface area contributed by atoms with Crippen LogP contribution in [0, 0.1) is 0 Å². The lowest BCUT2D eigenvalue weighted by Gasteiger charge is -2.02. The summed E-state index contributed by atoms with van der Waals surface area (Å²) in [4.78, 5) is 15.1. The van der Waals surface area contributed by atoms with Crippen molar-refractivity contribution in [2.45, 2.75) is 6.54 Å². The van der Waals surface area contributed by atoms with E-state index in [4.69, 9.17) is 4.74 Å². The first-order valence-electron chi connectivity index (χ1n) is 5.03. The number of benzene rings is 1. The zero-order valence-electron chi connectivity index (χ0n) is 8.80. The van der Waals surface area contributed by atoms with Gasteiger partial charge in [-0.1, -0.05) is 24.3 Å². The predicted molar refractivity (Wildman–Crippen MR) is 58.7 cm³/mol. The maximum absolute atomic E-state index is 10.8. The zero-order valence-corrected chi connectivity index (χ0v) is 8.80. The van der Waals surface area contributed by atoms with Gasteiger partial charge in [-0.3, -0.25) is 9.36 Å². The van der Waals surface area contributed by atoms with Gasteiger partial charge in [-0.2, -0.15) is 0 Å². The van der Waals surface area contributed by atoms with E-state index in [1.165, 1.54) is 5.56 Å². The molecule has 0 fully saturated rings. The summed E-state index contributed by atoms with van der Waals surface area (Å²) in [6.45, 7) is 0.718. The summed E-state index contributed by atoms with van der Waals surface area (Å²) < 4.78 is 7.14. The Labute approximate surface area is 92.5 Å². The molecule has 1 aromatic carbocycles. The molecule has 1 aliphatic heterocycles. The SMILES string of the molecule is COc1c(C=O)nc2n1Cc1ccccc1-2. The van der Waals surface area contributed by atoms with E-state index in [0.29, 0.717) is 11.6 Å². The Kier molecular flexibility index (Phi) is 1.83. The number of ether oxygens (including phenoxy) is 1. The van der Waals surface area contributed by atoms with Gasteiger partial charge >= 0.3 is 0 Å².